The van der Waals surface area contributed by atoms with Crippen molar-refractivity contribution in [2.75, 3.05) is 6.61 Å². The Morgan fingerprint density at radius 3 is 2.16 bits per heavy atom. The van der Waals surface area contributed by atoms with Crippen LogP contribution >= 0.6 is 0 Å². The first kappa shape index (κ1) is 31.4. The van der Waals surface area contributed by atoms with E-state index in [0.29, 0.717) is 11.7 Å². The van der Waals surface area contributed by atoms with Gasteiger partial charge in [0.1, 0.15) is 18.1 Å². The molecule has 2 aromatic carbocycles. The van der Waals surface area contributed by atoms with Crippen LogP contribution in [0.1, 0.15) is 81.7 Å². The molecule has 4 aromatic rings. The average Bonchev–Trinajstić information content (AvgIpc) is 3.51. The molecular formula is C34H40N4O5. The van der Waals surface area contributed by atoms with E-state index in [4.69, 9.17) is 9.15 Å². The summed E-state index contributed by atoms with van der Waals surface area (Å²) in [4.78, 5) is 37.8. The van der Waals surface area contributed by atoms with Gasteiger partial charge in [-0.1, -0.05) is 89.8 Å². The number of amides is 1. The zero-order chi connectivity index (χ0) is 30.8. The molecular weight excluding hydrogens is 544 g/mol. The molecule has 1 amide bonds. The van der Waals surface area contributed by atoms with Crippen molar-refractivity contribution in [2.24, 2.45) is 0 Å². The molecule has 0 fully saturated rings. The molecule has 1 atom stereocenters. The molecule has 0 radical (unpaired) electrons. The van der Waals surface area contributed by atoms with Gasteiger partial charge in [-0.15, -0.1) is 0 Å². The highest BCUT2D eigenvalue weighted by atomic mass is 16.5. The largest absolute Gasteiger partial charge is 0.494 e. The normalized spacial score (nSPS) is 12.1. The molecule has 2 heterocycles. The van der Waals surface area contributed by atoms with Gasteiger partial charge in [-0.05, 0) is 29.7 Å². The summed E-state index contributed by atoms with van der Waals surface area (Å²) >= 11 is 0. The minimum absolute atomic E-state index is 0.0459. The minimum Gasteiger partial charge on any atom is -0.494 e. The van der Waals surface area contributed by atoms with Crippen LogP contribution in [-0.4, -0.2) is 44.6 Å². The summed E-state index contributed by atoms with van der Waals surface area (Å²) in [6.07, 6.45) is 10.9. The molecule has 0 aliphatic carbocycles. The van der Waals surface area contributed by atoms with E-state index < -0.39 is 17.9 Å². The van der Waals surface area contributed by atoms with Crippen LogP contribution in [0.25, 0.3) is 22.5 Å². The molecule has 9 nitrogen and oxygen atoms in total. The molecule has 0 aliphatic heterocycles. The number of hydrogen-bond acceptors (Lipinski definition) is 7. The summed E-state index contributed by atoms with van der Waals surface area (Å²) in [6.45, 7) is 8.68. The first-order chi connectivity index (χ1) is 20.6. The Morgan fingerprint density at radius 1 is 0.907 bits per heavy atom. The summed E-state index contributed by atoms with van der Waals surface area (Å²) in [5, 5.41) is 12.3. The number of hydrogen-bond donors (Lipinski definition) is 2. The lowest BCUT2D eigenvalue weighted by Crippen LogP contribution is -2.42. The molecule has 9 heteroatoms. The van der Waals surface area contributed by atoms with Crippen LogP contribution in [0.4, 0.5) is 0 Å². The topological polar surface area (TPSA) is 127 Å². The monoisotopic (exact) mass is 584 g/mol. The first-order valence-electron chi connectivity index (χ1n) is 14.8. The number of oxazole rings is 1. The van der Waals surface area contributed by atoms with E-state index in [1.165, 1.54) is 31.9 Å². The number of rotatable bonds is 14. The van der Waals surface area contributed by atoms with Gasteiger partial charge in [0.15, 0.2) is 17.4 Å². The minimum atomic E-state index is -1.14. The molecule has 0 spiro atoms. The molecule has 0 saturated heterocycles. The highest BCUT2D eigenvalue weighted by Crippen LogP contribution is 2.24. The van der Waals surface area contributed by atoms with Crippen molar-refractivity contribution in [1.29, 1.82) is 0 Å². The van der Waals surface area contributed by atoms with Crippen LogP contribution < -0.4 is 10.1 Å². The van der Waals surface area contributed by atoms with Gasteiger partial charge in [-0.2, -0.15) is 0 Å². The summed E-state index contributed by atoms with van der Waals surface area (Å²) in [7, 11) is 0. The van der Waals surface area contributed by atoms with Crippen LogP contribution in [-0.2, 0) is 16.6 Å². The molecule has 43 heavy (non-hydrogen) atoms. The van der Waals surface area contributed by atoms with E-state index in [1.54, 1.807) is 12.4 Å². The smallest absolute Gasteiger partial charge is 0.326 e. The summed E-state index contributed by atoms with van der Waals surface area (Å²) in [5.41, 5.74) is 3.11. The van der Waals surface area contributed by atoms with E-state index in [0.717, 1.165) is 41.0 Å². The summed E-state index contributed by atoms with van der Waals surface area (Å²) < 4.78 is 11.3. The van der Waals surface area contributed by atoms with Gasteiger partial charge in [-0.3, -0.25) is 4.79 Å². The Morgan fingerprint density at radius 2 is 1.56 bits per heavy atom. The van der Waals surface area contributed by atoms with E-state index in [-0.39, 0.29) is 17.5 Å². The lowest BCUT2D eigenvalue weighted by Gasteiger charge is -2.14. The van der Waals surface area contributed by atoms with Crippen molar-refractivity contribution in [3.8, 4) is 28.3 Å². The van der Waals surface area contributed by atoms with Gasteiger partial charge >= 0.3 is 5.97 Å². The average molecular weight is 585 g/mol. The van der Waals surface area contributed by atoms with Gasteiger partial charge in [-0.25, -0.2) is 19.7 Å². The maximum Gasteiger partial charge on any atom is 0.326 e. The number of carboxylic acids is 1. The molecule has 226 valence electrons. The Kier molecular flexibility index (Phi) is 10.6. The maximum atomic E-state index is 12.6. The van der Waals surface area contributed by atoms with Crippen LogP contribution in [0.3, 0.4) is 0 Å². The number of carboxylic acid groups (broad SMARTS) is 1. The predicted molar refractivity (Wildman–Crippen MR) is 165 cm³/mol. The van der Waals surface area contributed by atoms with Crippen molar-refractivity contribution in [2.45, 2.75) is 77.7 Å². The quantitative estimate of drug-likeness (QED) is 0.154. The number of nitrogens with one attached hydrogen (secondary N) is 1. The Hall–Kier alpha value is -4.53. The van der Waals surface area contributed by atoms with Gasteiger partial charge in [0, 0.05) is 35.4 Å². The standard InChI is InChI=1S/C34H40N4O5/c1-5-6-7-8-9-18-42-27-16-14-24(15-17-27)26-20-35-30(36-21-26)25-12-10-23(11-13-25)19-28(32(40)41)37-31(39)29-22-43-33(38-29)34(2,3)4/h10-17,20-22,28H,5-9,18-19H2,1-4H3,(H,37,39)(H,40,41)/t28-/m0/s1. The second-order valence-corrected chi connectivity index (χ2v) is 11.6. The third-order valence-electron chi connectivity index (χ3n) is 6.99. The molecule has 4 rings (SSSR count). The number of carbonyl (C=O) groups excluding carboxylic acids is 1. The molecule has 0 saturated carbocycles. The summed E-state index contributed by atoms with van der Waals surface area (Å²) in [5.74, 6) is 0.0767. The second kappa shape index (κ2) is 14.6. The fraction of sp³-hybridized carbons (Fsp3) is 0.382. The number of carbonyl (C=O) groups is 2. The van der Waals surface area contributed by atoms with Gasteiger partial charge in [0.05, 0.1) is 6.61 Å². The zero-order valence-corrected chi connectivity index (χ0v) is 25.3. The lowest BCUT2D eigenvalue weighted by atomic mass is 9.97. The van der Waals surface area contributed by atoms with E-state index in [9.17, 15) is 14.7 Å². The maximum absolute atomic E-state index is 12.6. The SMILES string of the molecule is CCCCCCCOc1ccc(-c2cnc(-c3ccc(C[C@H](NC(=O)c4coc(C(C)(C)C)n4)C(=O)O)cc3)nc2)cc1. The van der Waals surface area contributed by atoms with E-state index >= 15 is 0 Å². The number of aromatic nitrogens is 3. The number of benzene rings is 2. The highest BCUT2D eigenvalue weighted by Gasteiger charge is 2.26. The van der Waals surface area contributed by atoms with Crippen molar-refractivity contribution in [3.63, 3.8) is 0 Å². The fourth-order valence-corrected chi connectivity index (χ4v) is 4.45. The molecule has 2 aromatic heterocycles. The number of nitrogens with zero attached hydrogens (tertiary/aromatic N) is 3. The lowest BCUT2D eigenvalue weighted by molar-refractivity contribution is -0.139. The van der Waals surface area contributed by atoms with Crippen molar-refractivity contribution in [1.82, 2.24) is 20.3 Å². The third-order valence-corrected chi connectivity index (χ3v) is 6.99. The molecule has 0 unspecified atom stereocenters. The Balaban J connectivity index is 1.32. The first-order valence-corrected chi connectivity index (χ1v) is 14.8. The Labute approximate surface area is 252 Å². The predicted octanol–water partition coefficient (Wildman–Crippen LogP) is 6.87. The zero-order valence-electron chi connectivity index (χ0n) is 25.3. The molecule has 0 aliphatic rings. The number of unbranched alkanes of at least 4 members (excludes halogenated alkanes) is 4. The van der Waals surface area contributed by atoms with Crippen molar-refractivity contribution >= 4 is 11.9 Å². The van der Waals surface area contributed by atoms with E-state index in [1.807, 2.05) is 69.3 Å². The van der Waals surface area contributed by atoms with Crippen LogP contribution in [0, 0.1) is 0 Å². The van der Waals surface area contributed by atoms with E-state index in [2.05, 4.69) is 27.2 Å². The number of aliphatic carboxylic acids is 1. The van der Waals surface area contributed by atoms with Crippen molar-refractivity contribution < 1.29 is 23.8 Å². The second-order valence-electron chi connectivity index (χ2n) is 11.6. The molecule has 0 bridgehead atoms. The van der Waals surface area contributed by atoms with Gasteiger partial charge < -0.3 is 19.6 Å². The molecule has 2 N–H and O–H groups in total. The van der Waals surface area contributed by atoms with Crippen LogP contribution in [0.5, 0.6) is 5.75 Å². The van der Waals surface area contributed by atoms with Crippen molar-refractivity contribution in [3.05, 3.63) is 84.3 Å². The number of ether oxygens (including phenoxy) is 1. The van der Waals surface area contributed by atoms with Gasteiger partial charge in [0.2, 0.25) is 0 Å². The van der Waals surface area contributed by atoms with Crippen LogP contribution in [0.15, 0.2) is 71.6 Å². The Bertz CT molecular complexity index is 1470. The third kappa shape index (κ3) is 8.98. The van der Waals surface area contributed by atoms with Gasteiger partial charge in [0.25, 0.3) is 5.91 Å². The fourth-order valence-electron chi connectivity index (χ4n) is 4.45. The summed E-state index contributed by atoms with van der Waals surface area (Å²) in [6, 6.07) is 14.1. The van der Waals surface area contributed by atoms with Crippen LogP contribution in [0.2, 0.25) is 0 Å². The highest BCUT2D eigenvalue weighted by molar-refractivity contribution is 5.94.